The van der Waals surface area contributed by atoms with Crippen LogP contribution >= 0.6 is 15.9 Å². The van der Waals surface area contributed by atoms with Crippen LogP contribution in [0, 0.1) is 19.8 Å². The molecule has 0 heterocycles. The van der Waals surface area contributed by atoms with Crippen molar-refractivity contribution in [3.63, 3.8) is 0 Å². The van der Waals surface area contributed by atoms with Crippen molar-refractivity contribution < 1.29 is 0 Å². The second-order valence-corrected chi connectivity index (χ2v) is 5.40. The zero-order chi connectivity index (χ0) is 11.4. The first kappa shape index (κ1) is 12.6. The molecule has 0 unspecified atom stereocenters. The van der Waals surface area contributed by atoms with Gasteiger partial charge in [0.2, 0.25) is 0 Å². The molecule has 0 aromatic heterocycles. The summed E-state index contributed by atoms with van der Waals surface area (Å²) in [5.74, 6) is 0.752. The van der Waals surface area contributed by atoms with E-state index in [0.29, 0.717) is 0 Å². The van der Waals surface area contributed by atoms with Gasteiger partial charge in [-0.2, -0.15) is 0 Å². The zero-order valence-electron chi connectivity index (χ0n) is 10.0. The molecule has 0 bridgehead atoms. The Kier molecular flexibility index (Phi) is 4.65. The Labute approximate surface area is 101 Å². The maximum atomic E-state index is 3.60. The number of hydrogen-bond donors (Lipinski definition) is 1. The van der Waals surface area contributed by atoms with Crippen molar-refractivity contribution in [3.8, 4) is 0 Å². The lowest BCUT2D eigenvalue weighted by Gasteiger charge is -2.13. The van der Waals surface area contributed by atoms with E-state index in [9.17, 15) is 0 Å². The summed E-state index contributed by atoms with van der Waals surface area (Å²) in [6.45, 7) is 9.81. The molecule has 0 aliphatic rings. The summed E-state index contributed by atoms with van der Waals surface area (Å²) in [5, 5.41) is 3.49. The van der Waals surface area contributed by atoms with Gasteiger partial charge in [0.25, 0.3) is 0 Å². The number of hydrogen-bond acceptors (Lipinski definition) is 1. The van der Waals surface area contributed by atoms with E-state index in [1.54, 1.807) is 0 Å². The van der Waals surface area contributed by atoms with Gasteiger partial charge < -0.3 is 5.32 Å². The smallest absolute Gasteiger partial charge is 0.0514 e. The summed E-state index contributed by atoms with van der Waals surface area (Å²) < 4.78 is 1.17. The maximum Gasteiger partial charge on any atom is 0.0514 e. The van der Waals surface area contributed by atoms with Crippen molar-refractivity contribution >= 4 is 21.6 Å². The molecular weight excluding hydrogens is 250 g/mol. The number of halogens is 1. The average molecular weight is 270 g/mol. The van der Waals surface area contributed by atoms with Gasteiger partial charge in [0.1, 0.15) is 0 Å². The Balaban J connectivity index is 2.68. The van der Waals surface area contributed by atoms with Crippen LogP contribution in [-0.2, 0) is 0 Å². The fourth-order valence-electron chi connectivity index (χ4n) is 1.63. The largest absolute Gasteiger partial charge is 0.384 e. The minimum absolute atomic E-state index is 0.752. The molecule has 0 saturated carbocycles. The Morgan fingerprint density at radius 3 is 2.47 bits per heavy atom. The third kappa shape index (κ3) is 3.86. The van der Waals surface area contributed by atoms with E-state index in [1.807, 2.05) is 0 Å². The van der Waals surface area contributed by atoms with Crippen LogP contribution in [0.5, 0.6) is 0 Å². The van der Waals surface area contributed by atoms with Gasteiger partial charge in [-0.15, -0.1) is 0 Å². The second-order valence-electron chi connectivity index (χ2n) is 4.55. The Bertz CT molecular complexity index is 308. The fraction of sp³-hybridized carbons (Fsp3) is 0.538. The summed E-state index contributed by atoms with van der Waals surface area (Å²) in [6.07, 6.45) is 1.21. The monoisotopic (exact) mass is 269 g/mol. The summed E-state index contributed by atoms with van der Waals surface area (Å²) in [5.41, 5.74) is 3.85. The van der Waals surface area contributed by atoms with Crippen LogP contribution in [0.15, 0.2) is 16.6 Å². The Morgan fingerprint density at radius 2 is 1.93 bits per heavy atom. The van der Waals surface area contributed by atoms with Gasteiger partial charge in [-0.3, -0.25) is 0 Å². The van der Waals surface area contributed by atoms with Gasteiger partial charge in [0, 0.05) is 11.0 Å². The van der Waals surface area contributed by atoms with E-state index < -0.39 is 0 Å². The van der Waals surface area contributed by atoms with Gasteiger partial charge in [0.05, 0.1) is 5.69 Å². The predicted molar refractivity (Wildman–Crippen MR) is 71.6 cm³/mol. The van der Waals surface area contributed by atoms with Gasteiger partial charge in [0.15, 0.2) is 0 Å². The van der Waals surface area contributed by atoms with Gasteiger partial charge in [-0.1, -0.05) is 19.9 Å². The van der Waals surface area contributed by atoms with Gasteiger partial charge in [-0.25, -0.2) is 0 Å². The standard InChI is InChI=1S/C13H20BrN/c1-9(2)5-6-15-13-11(4)7-10(3)8-12(13)14/h7-9,15H,5-6H2,1-4H3. The summed E-state index contributed by atoms with van der Waals surface area (Å²) >= 11 is 3.60. The summed E-state index contributed by atoms with van der Waals surface area (Å²) in [6, 6.07) is 4.37. The van der Waals surface area contributed by atoms with Crippen molar-refractivity contribution in [2.24, 2.45) is 5.92 Å². The quantitative estimate of drug-likeness (QED) is 0.847. The molecular formula is C13H20BrN. The normalized spacial score (nSPS) is 10.8. The topological polar surface area (TPSA) is 12.0 Å². The van der Waals surface area contributed by atoms with Gasteiger partial charge >= 0.3 is 0 Å². The van der Waals surface area contributed by atoms with Crippen LogP contribution in [0.2, 0.25) is 0 Å². The molecule has 0 fully saturated rings. The lowest BCUT2D eigenvalue weighted by molar-refractivity contribution is 0.607. The Hall–Kier alpha value is -0.500. The first-order valence-electron chi connectivity index (χ1n) is 5.51. The van der Waals surface area contributed by atoms with Crippen LogP contribution in [0.25, 0.3) is 0 Å². The van der Waals surface area contributed by atoms with E-state index in [0.717, 1.165) is 12.5 Å². The summed E-state index contributed by atoms with van der Waals surface area (Å²) in [7, 11) is 0. The molecule has 0 amide bonds. The summed E-state index contributed by atoms with van der Waals surface area (Å²) in [4.78, 5) is 0. The Morgan fingerprint density at radius 1 is 1.27 bits per heavy atom. The molecule has 0 aliphatic heterocycles. The highest BCUT2D eigenvalue weighted by Gasteiger charge is 2.04. The highest BCUT2D eigenvalue weighted by Crippen LogP contribution is 2.27. The third-order valence-corrected chi connectivity index (χ3v) is 3.08. The molecule has 0 atom stereocenters. The number of nitrogens with one attached hydrogen (secondary N) is 1. The minimum atomic E-state index is 0.752. The highest BCUT2D eigenvalue weighted by atomic mass is 79.9. The molecule has 84 valence electrons. The molecule has 0 spiro atoms. The lowest BCUT2D eigenvalue weighted by Crippen LogP contribution is -2.06. The molecule has 0 aliphatic carbocycles. The molecule has 0 radical (unpaired) electrons. The SMILES string of the molecule is Cc1cc(C)c(NCCC(C)C)c(Br)c1. The van der Waals surface area contributed by atoms with Crippen LogP contribution in [0.1, 0.15) is 31.4 Å². The maximum absolute atomic E-state index is 3.60. The molecule has 1 nitrogen and oxygen atoms in total. The molecule has 1 aromatic rings. The van der Waals surface area contributed by atoms with Crippen LogP contribution in [0.4, 0.5) is 5.69 Å². The van der Waals surface area contributed by atoms with Crippen molar-refractivity contribution in [1.82, 2.24) is 0 Å². The van der Waals surface area contributed by atoms with Gasteiger partial charge in [-0.05, 0) is 59.3 Å². The predicted octanol–water partition coefficient (Wildman–Crippen LogP) is 4.52. The molecule has 1 N–H and O–H groups in total. The molecule has 1 aromatic carbocycles. The number of anilines is 1. The first-order valence-corrected chi connectivity index (χ1v) is 6.30. The first-order chi connectivity index (χ1) is 7.00. The third-order valence-electron chi connectivity index (χ3n) is 2.46. The number of rotatable bonds is 4. The van der Waals surface area contributed by atoms with E-state index in [4.69, 9.17) is 0 Å². The number of benzene rings is 1. The molecule has 0 saturated heterocycles. The van der Waals surface area contributed by atoms with Crippen LogP contribution in [-0.4, -0.2) is 6.54 Å². The van der Waals surface area contributed by atoms with Crippen molar-refractivity contribution in [2.75, 3.05) is 11.9 Å². The van der Waals surface area contributed by atoms with E-state index in [1.165, 1.54) is 27.7 Å². The zero-order valence-corrected chi connectivity index (χ0v) is 11.6. The minimum Gasteiger partial charge on any atom is -0.384 e. The van der Waals surface area contributed by atoms with Crippen LogP contribution < -0.4 is 5.32 Å². The number of aryl methyl sites for hydroxylation is 2. The van der Waals surface area contributed by atoms with E-state index in [-0.39, 0.29) is 0 Å². The van der Waals surface area contributed by atoms with Crippen molar-refractivity contribution in [1.29, 1.82) is 0 Å². The van der Waals surface area contributed by atoms with Crippen molar-refractivity contribution in [3.05, 3.63) is 27.7 Å². The molecule has 15 heavy (non-hydrogen) atoms. The van der Waals surface area contributed by atoms with Crippen molar-refractivity contribution in [2.45, 2.75) is 34.1 Å². The van der Waals surface area contributed by atoms with E-state index >= 15 is 0 Å². The van der Waals surface area contributed by atoms with E-state index in [2.05, 4.69) is 61.1 Å². The lowest BCUT2D eigenvalue weighted by atomic mass is 10.1. The fourth-order valence-corrected chi connectivity index (χ4v) is 2.44. The molecule has 1 rings (SSSR count). The average Bonchev–Trinajstić information content (AvgIpc) is 2.08. The van der Waals surface area contributed by atoms with Crippen LogP contribution in [0.3, 0.4) is 0 Å². The second kappa shape index (κ2) is 5.55. The molecule has 2 heteroatoms. The highest BCUT2D eigenvalue weighted by molar-refractivity contribution is 9.10.